The van der Waals surface area contributed by atoms with Gasteiger partial charge in [-0.25, -0.2) is 4.98 Å². The third kappa shape index (κ3) is 1.91. The second-order valence-electron chi connectivity index (χ2n) is 5.78. The molecule has 0 atom stereocenters. The number of fused-ring (bicyclic) bond motifs is 2. The normalized spacial score (nSPS) is 13.7. The summed E-state index contributed by atoms with van der Waals surface area (Å²) in [5, 5.41) is 7.76. The number of anilines is 3. The van der Waals surface area contributed by atoms with Gasteiger partial charge in [-0.3, -0.25) is 0 Å². The van der Waals surface area contributed by atoms with Crippen molar-refractivity contribution in [2.24, 2.45) is 0 Å². The van der Waals surface area contributed by atoms with Gasteiger partial charge < -0.3 is 10.2 Å². The van der Waals surface area contributed by atoms with E-state index in [2.05, 4.69) is 50.5 Å². The fourth-order valence-corrected chi connectivity index (χ4v) is 2.93. The maximum absolute atomic E-state index is 4.45. The van der Waals surface area contributed by atoms with Crippen molar-refractivity contribution >= 4 is 23.0 Å². The van der Waals surface area contributed by atoms with E-state index in [1.807, 2.05) is 13.8 Å². The largest absolute Gasteiger partial charge is 0.374 e. The van der Waals surface area contributed by atoms with E-state index in [0.717, 1.165) is 35.7 Å². The summed E-state index contributed by atoms with van der Waals surface area (Å²) < 4.78 is 1.75. The molecule has 3 aromatic rings. The zero-order valence-electron chi connectivity index (χ0n) is 13.0. The molecule has 4 rings (SSSR count). The molecule has 22 heavy (non-hydrogen) atoms. The van der Waals surface area contributed by atoms with Gasteiger partial charge >= 0.3 is 0 Å². The number of hydrogen-bond donors (Lipinski definition) is 1. The maximum atomic E-state index is 4.45. The first-order chi connectivity index (χ1) is 10.6. The molecule has 0 saturated carbocycles. The third-order valence-corrected chi connectivity index (χ3v) is 4.38. The van der Waals surface area contributed by atoms with Gasteiger partial charge in [0.05, 0.1) is 0 Å². The van der Waals surface area contributed by atoms with Crippen LogP contribution in [0.25, 0.3) is 5.78 Å². The highest BCUT2D eigenvalue weighted by Crippen LogP contribution is 2.31. The first-order valence-corrected chi connectivity index (χ1v) is 7.41. The number of benzene rings is 1. The Morgan fingerprint density at radius 1 is 1.23 bits per heavy atom. The highest BCUT2D eigenvalue weighted by atomic mass is 15.4. The Morgan fingerprint density at radius 2 is 2.09 bits per heavy atom. The summed E-state index contributed by atoms with van der Waals surface area (Å²) in [6.45, 7) is 5.12. The van der Waals surface area contributed by atoms with Crippen LogP contribution in [-0.2, 0) is 6.42 Å². The molecule has 6 nitrogen and oxygen atoms in total. The van der Waals surface area contributed by atoms with Crippen LogP contribution in [0.1, 0.15) is 16.8 Å². The van der Waals surface area contributed by atoms with Crippen molar-refractivity contribution in [1.82, 2.24) is 19.6 Å². The van der Waals surface area contributed by atoms with E-state index in [-0.39, 0.29) is 0 Å². The van der Waals surface area contributed by atoms with Crippen molar-refractivity contribution in [3.05, 3.63) is 41.3 Å². The molecule has 0 saturated heterocycles. The van der Waals surface area contributed by atoms with Crippen molar-refractivity contribution in [1.29, 1.82) is 0 Å². The molecule has 1 N–H and O–H groups in total. The van der Waals surface area contributed by atoms with E-state index >= 15 is 0 Å². The zero-order chi connectivity index (χ0) is 15.3. The lowest BCUT2D eigenvalue weighted by molar-refractivity contribution is 0.923. The quantitative estimate of drug-likeness (QED) is 0.787. The minimum Gasteiger partial charge on any atom is -0.374 e. The van der Waals surface area contributed by atoms with Crippen molar-refractivity contribution in [3.8, 4) is 0 Å². The molecule has 0 radical (unpaired) electrons. The second kappa shape index (κ2) is 4.69. The summed E-state index contributed by atoms with van der Waals surface area (Å²) in [6.07, 6.45) is 2.65. The maximum Gasteiger partial charge on any atom is 0.254 e. The van der Waals surface area contributed by atoms with Crippen LogP contribution in [0.4, 0.5) is 17.2 Å². The number of likely N-dealkylation sites (N-methyl/N-ethyl adjacent to an activating group) is 1. The minimum absolute atomic E-state index is 0.615. The number of aryl methyl sites for hydroxylation is 1. The number of rotatable bonds is 2. The van der Waals surface area contributed by atoms with E-state index < -0.39 is 0 Å². The molecule has 0 fully saturated rings. The predicted octanol–water partition coefficient (Wildman–Crippen LogP) is 2.48. The van der Waals surface area contributed by atoms with Crippen LogP contribution in [0.2, 0.25) is 0 Å². The van der Waals surface area contributed by atoms with E-state index in [4.69, 9.17) is 0 Å². The van der Waals surface area contributed by atoms with Gasteiger partial charge in [-0.15, -0.1) is 0 Å². The van der Waals surface area contributed by atoms with Gasteiger partial charge in [0.1, 0.15) is 12.1 Å². The smallest absolute Gasteiger partial charge is 0.254 e. The molecule has 1 aliphatic heterocycles. The number of nitrogens with one attached hydrogen (secondary N) is 1. The first kappa shape index (κ1) is 13.1. The fraction of sp³-hybridized carbons (Fsp3) is 0.312. The molecule has 0 spiro atoms. The van der Waals surface area contributed by atoms with Crippen LogP contribution in [-0.4, -0.2) is 33.2 Å². The summed E-state index contributed by atoms with van der Waals surface area (Å²) in [5.41, 5.74) is 5.79. The summed E-state index contributed by atoms with van der Waals surface area (Å²) in [5.74, 6) is 1.53. The Bertz CT molecular complexity index is 866. The average Bonchev–Trinajstić information content (AvgIpc) is 3.11. The van der Waals surface area contributed by atoms with Gasteiger partial charge in [0.15, 0.2) is 0 Å². The summed E-state index contributed by atoms with van der Waals surface area (Å²) >= 11 is 0. The number of hydrogen-bond acceptors (Lipinski definition) is 5. The van der Waals surface area contributed by atoms with E-state index in [1.165, 1.54) is 17.6 Å². The topological polar surface area (TPSA) is 58.4 Å². The fourth-order valence-electron chi connectivity index (χ4n) is 2.93. The van der Waals surface area contributed by atoms with Crippen molar-refractivity contribution in [2.45, 2.75) is 20.3 Å². The lowest BCUT2D eigenvalue weighted by Crippen LogP contribution is -2.12. The van der Waals surface area contributed by atoms with Crippen LogP contribution in [0, 0.1) is 13.8 Å². The predicted molar refractivity (Wildman–Crippen MR) is 87.0 cm³/mol. The molecule has 0 unspecified atom stereocenters. The molecule has 6 heteroatoms. The van der Waals surface area contributed by atoms with Gasteiger partial charge in [-0.2, -0.15) is 14.6 Å². The van der Waals surface area contributed by atoms with Gasteiger partial charge in [0.25, 0.3) is 5.78 Å². The number of aromatic nitrogens is 4. The Balaban J connectivity index is 1.80. The van der Waals surface area contributed by atoms with Crippen LogP contribution < -0.4 is 10.2 Å². The molecule has 2 aromatic heterocycles. The third-order valence-electron chi connectivity index (χ3n) is 4.38. The SMILES string of the molecule is Cc1nc2ncnn2c(Nc2ccc3c(c2)N(C)CC3)c1C. The Morgan fingerprint density at radius 3 is 2.95 bits per heavy atom. The number of nitrogens with zero attached hydrogens (tertiary/aromatic N) is 5. The summed E-state index contributed by atoms with van der Waals surface area (Å²) in [6, 6.07) is 6.51. The molecule has 3 heterocycles. The summed E-state index contributed by atoms with van der Waals surface area (Å²) in [7, 11) is 2.13. The summed E-state index contributed by atoms with van der Waals surface area (Å²) in [4.78, 5) is 10.9. The highest BCUT2D eigenvalue weighted by Gasteiger charge is 2.17. The van der Waals surface area contributed by atoms with E-state index in [1.54, 1.807) is 4.52 Å². The minimum atomic E-state index is 0.615. The molecular weight excluding hydrogens is 276 g/mol. The van der Waals surface area contributed by atoms with Gasteiger partial charge in [-0.1, -0.05) is 6.07 Å². The Kier molecular flexibility index (Phi) is 2.79. The Hall–Kier alpha value is -2.63. The Labute approximate surface area is 128 Å². The molecule has 0 bridgehead atoms. The van der Waals surface area contributed by atoms with Gasteiger partial charge in [0, 0.05) is 36.2 Å². The van der Waals surface area contributed by atoms with Gasteiger partial charge in [0.2, 0.25) is 0 Å². The molecule has 0 amide bonds. The van der Waals surface area contributed by atoms with E-state index in [9.17, 15) is 0 Å². The average molecular weight is 294 g/mol. The lowest BCUT2D eigenvalue weighted by Gasteiger charge is -2.16. The highest BCUT2D eigenvalue weighted by molar-refractivity contribution is 5.70. The first-order valence-electron chi connectivity index (χ1n) is 7.41. The van der Waals surface area contributed by atoms with Crippen LogP contribution >= 0.6 is 0 Å². The van der Waals surface area contributed by atoms with E-state index in [0.29, 0.717) is 5.78 Å². The monoisotopic (exact) mass is 294 g/mol. The molecule has 1 aromatic carbocycles. The van der Waals surface area contributed by atoms with Crippen LogP contribution in [0.5, 0.6) is 0 Å². The second-order valence-corrected chi connectivity index (χ2v) is 5.78. The zero-order valence-corrected chi connectivity index (χ0v) is 13.0. The lowest BCUT2D eigenvalue weighted by atomic mass is 10.1. The van der Waals surface area contributed by atoms with Crippen molar-refractivity contribution in [3.63, 3.8) is 0 Å². The van der Waals surface area contributed by atoms with Crippen LogP contribution in [0.15, 0.2) is 24.5 Å². The molecule has 1 aliphatic rings. The van der Waals surface area contributed by atoms with Crippen LogP contribution in [0.3, 0.4) is 0 Å². The van der Waals surface area contributed by atoms with Crippen molar-refractivity contribution in [2.75, 3.05) is 23.8 Å². The molecule has 112 valence electrons. The molecule has 0 aliphatic carbocycles. The van der Waals surface area contributed by atoms with Gasteiger partial charge in [-0.05, 0) is 38.0 Å². The molecular formula is C16H18N6. The van der Waals surface area contributed by atoms with Crippen molar-refractivity contribution < 1.29 is 0 Å². The standard InChI is InChI=1S/C16H18N6/c1-10-11(2)19-16-17-9-18-22(16)15(10)20-13-5-4-12-6-7-21(3)14(12)8-13/h4-5,8-9,20H,6-7H2,1-3H3.